The van der Waals surface area contributed by atoms with Crippen molar-refractivity contribution in [3.8, 4) is 0 Å². The average Bonchev–Trinajstić information content (AvgIpc) is 2.96. The van der Waals surface area contributed by atoms with Gasteiger partial charge in [0, 0.05) is 18.6 Å². The minimum absolute atomic E-state index is 0.210. The van der Waals surface area contributed by atoms with Gasteiger partial charge in [-0.25, -0.2) is 14.9 Å². The molecule has 1 aromatic carbocycles. The van der Waals surface area contributed by atoms with Crippen LogP contribution in [0.25, 0.3) is 11.0 Å². The molecule has 0 saturated heterocycles. The van der Waals surface area contributed by atoms with Crippen LogP contribution in [0.5, 0.6) is 0 Å². The molecule has 0 spiro atoms. The van der Waals surface area contributed by atoms with Gasteiger partial charge in [0.15, 0.2) is 0 Å². The predicted octanol–water partition coefficient (Wildman–Crippen LogP) is 1.78. The summed E-state index contributed by atoms with van der Waals surface area (Å²) in [5.74, 6) is -0.717. The lowest BCUT2D eigenvalue weighted by atomic mass is 10.2. The van der Waals surface area contributed by atoms with Gasteiger partial charge in [-0.2, -0.15) is 0 Å². The molecule has 28 heavy (non-hydrogen) atoms. The highest BCUT2D eigenvalue weighted by atomic mass is 19.1. The molecule has 0 saturated carbocycles. The number of pyridine rings is 1. The van der Waals surface area contributed by atoms with Crippen LogP contribution in [0.15, 0.2) is 36.5 Å². The van der Waals surface area contributed by atoms with E-state index >= 15 is 0 Å². The summed E-state index contributed by atoms with van der Waals surface area (Å²) < 4.78 is 16.0. The summed E-state index contributed by atoms with van der Waals surface area (Å²) in [4.78, 5) is 22.0. The third-order valence-corrected chi connectivity index (χ3v) is 4.20. The van der Waals surface area contributed by atoms with E-state index in [1.165, 1.54) is 6.07 Å². The van der Waals surface area contributed by atoms with Gasteiger partial charge < -0.3 is 20.1 Å². The lowest BCUT2D eigenvalue weighted by Gasteiger charge is -2.13. The first kappa shape index (κ1) is 19.7. The van der Waals surface area contributed by atoms with Crippen molar-refractivity contribution in [3.63, 3.8) is 0 Å². The second-order valence-electron chi connectivity index (χ2n) is 6.34. The van der Waals surface area contributed by atoms with Gasteiger partial charge in [0.25, 0.3) is 5.91 Å². The van der Waals surface area contributed by atoms with Gasteiger partial charge in [0.2, 0.25) is 0 Å². The topological polar surface area (TPSA) is 109 Å². The second kappa shape index (κ2) is 8.34. The number of aliphatic hydroxyl groups is 2. The molecule has 8 nitrogen and oxygen atoms in total. The van der Waals surface area contributed by atoms with Crippen LogP contribution in [0.2, 0.25) is 0 Å². The van der Waals surface area contributed by atoms with E-state index in [1.807, 2.05) is 0 Å². The summed E-state index contributed by atoms with van der Waals surface area (Å²) in [7, 11) is 1.71. The average molecular weight is 388 g/mol. The first-order chi connectivity index (χ1) is 13.4. The highest BCUT2D eigenvalue weighted by Crippen LogP contribution is 2.31. The second-order valence-corrected chi connectivity index (χ2v) is 6.34. The fourth-order valence-corrected chi connectivity index (χ4v) is 2.79. The Balaban J connectivity index is 1.98. The lowest BCUT2D eigenvalue weighted by molar-refractivity contribution is -0.0294. The molecule has 2 aromatic heterocycles. The number of carbonyl (C=O) groups excluding carboxylic acids is 1. The SMILES string of the molecule is Cc1ccc(Nc2c(C(=O)NOCC(O)CO)c3cccnc3n2C)c(F)c1. The zero-order valence-electron chi connectivity index (χ0n) is 15.4. The third-order valence-electron chi connectivity index (χ3n) is 4.20. The van der Waals surface area contributed by atoms with Gasteiger partial charge >= 0.3 is 0 Å². The van der Waals surface area contributed by atoms with Gasteiger partial charge in [0.1, 0.15) is 30.0 Å². The molecule has 1 amide bonds. The number of nitrogens with zero attached hydrogens (tertiary/aromatic N) is 2. The molecular formula is C19H21FN4O4. The molecule has 0 bridgehead atoms. The Morgan fingerprint density at radius 1 is 1.39 bits per heavy atom. The van der Waals surface area contributed by atoms with E-state index in [-0.39, 0.29) is 17.9 Å². The largest absolute Gasteiger partial charge is 0.394 e. The molecule has 3 aromatic rings. The maximum absolute atomic E-state index is 14.3. The van der Waals surface area contributed by atoms with E-state index in [0.717, 1.165) is 5.56 Å². The molecule has 0 fully saturated rings. The predicted molar refractivity (Wildman–Crippen MR) is 102 cm³/mol. The Labute approximate surface area is 160 Å². The summed E-state index contributed by atoms with van der Waals surface area (Å²) in [5.41, 5.74) is 3.96. The molecule has 0 aliphatic carbocycles. The number of rotatable bonds is 7. The van der Waals surface area contributed by atoms with Crippen molar-refractivity contribution in [2.75, 3.05) is 18.5 Å². The van der Waals surface area contributed by atoms with Crippen molar-refractivity contribution in [1.29, 1.82) is 0 Å². The molecule has 1 unspecified atom stereocenters. The smallest absolute Gasteiger partial charge is 0.279 e. The molecule has 4 N–H and O–H groups in total. The third kappa shape index (κ3) is 3.96. The van der Waals surface area contributed by atoms with Gasteiger partial charge in [-0.05, 0) is 36.8 Å². The summed E-state index contributed by atoms with van der Waals surface area (Å²) in [6.07, 6.45) is 0.475. The Bertz CT molecular complexity index is 1010. The van der Waals surface area contributed by atoms with Crippen LogP contribution < -0.4 is 10.8 Å². The van der Waals surface area contributed by atoms with Crippen molar-refractivity contribution in [3.05, 3.63) is 53.5 Å². The summed E-state index contributed by atoms with van der Waals surface area (Å²) in [6, 6.07) is 8.14. The minimum Gasteiger partial charge on any atom is -0.394 e. The van der Waals surface area contributed by atoms with Crippen LogP contribution in [-0.2, 0) is 11.9 Å². The van der Waals surface area contributed by atoms with Crippen LogP contribution in [-0.4, -0.2) is 45.0 Å². The first-order valence-corrected chi connectivity index (χ1v) is 8.60. The van der Waals surface area contributed by atoms with Gasteiger partial charge in [-0.3, -0.25) is 9.63 Å². The van der Waals surface area contributed by atoms with Crippen molar-refractivity contribution in [2.45, 2.75) is 13.0 Å². The minimum atomic E-state index is -1.12. The number of amides is 1. The number of hydrogen-bond donors (Lipinski definition) is 4. The standard InChI is InChI=1S/C19H21FN4O4/c1-11-5-6-15(14(20)8-11)22-18-16(19(27)23-28-10-12(26)9-25)13-4-3-7-21-17(13)24(18)2/h3-8,12,22,25-26H,9-10H2,1-2H3,(H,23,27). The number of fused-ring (bicyclic) bond motifs is 1. The molecule has 3 rings (SSSR count). The molecule has 2 heterocycles. The number of carbonyl (C=O) groups is 1. The fraction of sp³-hybridized carbons (Fsp3) is 0.263. The molecule has 0 aliphatic rings. The van der Waals surface area contributed by atoms with Gasteiger partial charge in [0.05, 0.1) is 17.9 Å². The Kier molecular flexibility index (Phi) is 5.88. The number of aromatic nitrogens is 2. The number of aliphatic hydroxyl groups excluding tert-OH is 2. The number of hydroxylamine groups is 1. The summed E-state index contributed by atoms with van der Waals surface area (Å²) in [6.45, 7) is 1.01. The normalized spacial score (nSPS) is 12.2. The maximum atomic E-state index is 14.3. The van der Waals surface area contributed by atoms with Crippen LogP contribution >= 0.6 is 0 Å². The number of aryl methyl sites for hydroxylation is 2. The maximum Gasteiger partial charge on any atom is 0.279 e. The van der Waals surface area contributed by atoms with Gasteiger partial charge in [-0.1, -0.05) is 6.07 Å². The number of anilines is 2. The Hall–Kier alpha value is -3.01. The number of halogens is 1. The molecule has 0 radical (unpaired) electrons. The number of nitrogens with one attached hydrogen (secondary N) is 2. The van der Waals surface area contributed by atoms with E-state index in [4.69, 9.17) is 9.94 Å². The molecule has 9 heteroatoms. The van der Waals surface area contributed by atoms with Crippen LogP contribution in [0, 0.1) is 12.7 Å². The summed E-state index contributed by atoms with van der Waals surface area (Å²) >= 11 is 0. The quantitative estimate of drug-likeness (QED) is 0.460. The zero-order chi connectivity index (χ0) is 20.3. The number of benzene rings is 1. The van der Waals surface area contributed by atoms with Crippen LogP contribution in [0.3, 0.4) is 0 Å². The van der Waals surface area contributed by atoms with Gasteiger partial charge in [-0.15, -0.1) is 0 Å². The monoisotopic (exact) mass is 388 g/mol. The van der Waals surface area contributed by atoms with E-state index in [0.29, 0.717) is 16.9 Å². The zero-order valence-corrected chi connectivity index (χ0v) is 15.4. The van der Waals surface area contributed by atoms with Crippen molar-refractivity contribution < 1.29 is 24.2 Å². The van der Waals surface area contributed by atoms with Crippen molar-refractivity contribution >= 4 is 28.4 Å². The fourth-order valence-electron chi connectivity index (χ4n) is 2.79. The number of hydrogen-bond acceptors (Lipinski definition) is 6. The van der Waals surface area contributed by atoms with E-state index in [9.17, 15) is 14.3 Å². The Morgan fingerprint density at radius 3 is 2.89 bits per heavy atom. The highest BCUT2D eigenvalue weighted by molar-refractivity contribution is 6.11. The molecule has 0 aliphatic heterocycles. The van der Waals surface area contributed by atoms with Crippen LogP contribution in [0.4, 0.5) is 15.9 Å². The van der Waals surface area contributed by atoms with E-state index in [1.54, 1.807) is 49.0 Å². The molecular weight excluding hydrogens is 367 g/mol. The van der Waals surface area contributed by atoms with Crippen molar-refractivity contribution in [2.24, 2.45) is 7.05 Å². The Morgan fingerprint density at radius 2 is 2.18 bits per heavy atom. The van der Waals surface area contributed by atoms with Crippen molar-refractivity contribution in [1.82, 2.24) is 15.0 Å². The van der Waals surface area contributed by atoms with E-state index in [2.05, 4.69) is 15.8 Å². The first-order valence-electron chi connectivity index (χ1n) is 8.60. The lowest BCUT2D eigenvalue weighted by Crippen LogP contribution is -2.30. The highest BCUT2D eigenvalue weighted by Gasteiger charge is 2.23. The molecule has 148 valence electrons. The van der Waals surface area contributed by atoms with E-state index < -0.39 is 24.4 Å². The molecule has 1 atom stereocenters. The van der Waals surface area contributed by atoms with Crippen LogP contribution in [0.1, 0.15) is 15.9 Å². The summed E-state index contributed by atoms with van der Waals surface area (Å²) in [5, 5.41) is 21.6.